The Morgan fingerprint density at radius 1 is 1.45 bits per heavy atom. The highest BCUT2D eigenvalue weighted by Gasteiger charge is 2.11. The van der Waals surface area contributed by atoms with Crippen molar-refractivity contribution in [2.75, 3.05) is 24.1 Å². The van der Waals surface area contributed by atoms with E-state index in [4.69, 9.17) is 5.73 Å². The van der Waals surface area contributed by atoms with E-state index in [-0.39, 0.29) is 5.91 Å². The highest BCUT2D eigenvalue weighted by Crippen LogP contribution is 2.19. The molecule has 0 atom stereocenters. The van der Waals surface area contributed by atoms with Gasteiger partial charge in [-0.1, -0.05) is 5.16 Å². The molecular formula is C13H17N5O2. The summed E-state index contributed by atoms with van der Waals surface area (Å²) in [5.41, 5.74) is 7.61. The molecule has 7 heteroatoms. The number of nitrogen functional groups attached to an aromatic ring is 1. The van der Waals surface area contributed by atoms with Crippen LogP contribution >= 0.6 is 0 Å². The van der Waals surface area contributed by atoms with Crippen LogP contribution < -0.4 is 16.4 Å². The molecule has 2 rings (SSSR count). The number of carbonyl (C=O) groups is 1. The number of nitrogens with two attached hydrogens (primary N) is 1. The molecule has 0 saturated carbocycles. The second-order valence-electron chi connectivity index (χ2n) is 4.19. The van der Waals surface area contributed by atoms with E-state index in [1.165, 1.54) is 6.39 Å². The minimum Gasteiger partial charge on any atom is -0.399 e. The van der Waals surface area contributed by atoms with Crippen molar-refractivity contribution in [3.05, 3.63) is 36.0 Å². The number of hydrogen-bond acceptors (Lipinski definition) is 6. The predicted molar refractivity (Wildman–Crippen MR) is 75.4 cm³/mol. The van der Waals surface area contributed by atoms with Gasteiger partial charge in [-0.2, -0.15) is 4.98 Å². The second kappa shape index (κ2) is 6.55. The summed E-state index contributed by atoms with van der Waals surface area (Å²) in [6.07, 6.45) is 1.89. The number of rotatable bonds is 6. The second-order valence-corrected chi connectivity index (χ2v) is 4.19. The Bertz CT molecular complexity index is 568. The smallest absolute Gasteiger partial charge is 0.253 e. The maximum atomic E-state index is 11.9. The lowest BCUT2D eigenvalue weighted by atomic mass is 10.1. The van der Waals surface area contributed by atoms with Crippen molar-refractivity contribution in [1.82, 2.24) is 15.5 Å². The molecule has 0 aliphatic rings. The van der Waals surface area contributed by atoms with Crippen molar-refractivity contribution >= 4 is 17.3 Å². The Morgan fingerprint density at radius 2 is 2.30 bits per heavy atom. The SMILES string of the molecule is CCNC(=O)c1ccc(N)cc1NCCc1ncon1. The summed E-state index contributed by atoms with van der Waals surface area (Å²) >= 11 is 0. The molecule has 20 heavy (non-hydrogen) atoms. The van der Waals surface area contributed by atoms with Crippen LogP contribution in [0.3, 0.4) is 0 Å². The summed E-state index contributed by atoms with van der Waals surface area (Å²) in [4.78, 5) is 15.9. The van der Waals surface area contributed by atoms with Crippen LogP contribution in [0.5, 0.6) is 0 Å². The van der Waals surface area contributed by atoms with Crippen LogP contribution in [0.1, 0.15) is 23.1 Å². The minimum atomic E-state index is -0.130. The van der Waals surface area contributed by atoms with Crippen LogP contribution in [0.2, 0.25) is 0 Å². The van der Waals surface area contributed by atoms with Gasteiger partial charge in [0.2, 0.25) is 6.39 Å². The van der Waals surface area contributed by atoms with Gasteiger partial charge in [0.15, 0.2) is 5.82 Å². The van der Waals surface area contributed by atoms with Crippen LogP contribution in [0.4, 0.5) is 11.4 Å². The molecule has 0 bridgehead atoms. The largest absolute Gasteiger partial charge is 0.399 e. The maximum absolute atomic E-state index is 11.9. The van der Waals surface area contributed by atoms with E-state index in [2.05, 4.69) is 25.3 Å². The fourth-order valence-electron chi connectivity index (χ4n) is 1.77. The first-order valence-corrected chi connectivity index (χ1v) is 6.37. The standard InChI is InChI=1S/C13H17N5O2/c1-2-15-13(19)10-4-3-9(14)7-11(10)16-6-5-12-17-8-20-18-12/h3-4,7-8,16H,2,5-6,14H2,1H3,(H,15,19). The molecule has 0 aliphatic carbocycles. The zero-order chi connectivity index (χ0) is 14.4. The number of carbonyl (C=O) groups excluding carboxylic acids is 1. The lowest BCUT2D eigenvalue weighted by molar-refractivity contribution is 0.0956. The van der Waals surface area contributed by atoms with Crippen molar-refractivity contribution in [3.8, 4) is 0 Å². The zero-order valence-corrected chi connectivity index (χ0v) is 11.2. The molecule has 1 amide bonds. The van der Waals surface area contributed by atoms with Crippen LogP contribution in [-0.4, -0.2) is 29.1 Å². The molecule has 1 aromatic carbocycles. The summed E-state index contributed by atoms with van der Waals surface area (Å²) in [6.45, 7) is 3.03. The van der Waals surface area contributed by atoms with Crippen molar-refractivity contribution < 1.29 is 9.32 Å². The molecule has 106 valence electrons. The molecule has 0 spiro atoms. The van der Waals surface area contributed by atoms with Crippen LogP contribution in [0.15, 0.2) is 29.1 Å². The normalized spacial score (nSPS) is 10.2. The van der Waals surface area contributed by atoms with Gasteiger partial charge in [-0.25, -0.2) is 0 Å². The minimum absolute atomic E-state index is 0.130. The van der Waals surface area contributed by atoms with E-state index in [9.17, 15) is 4.79 Å². The Hall–Kier alpha value is -2.57. The van der Waals surface area contributed by atoms with Crippen molar-refractivity contribution in [2.45, 2.75) is 13.3 Å². The van der Waals surface area contributed by atoms with E-state index in [1.807, 2.05) is 6.92 Å². The molecule has 4 N–H and O–H groups in total. The average Bonchev–Trinajstić information content (AvgIpc) is 2.92. The molecule has 0 aliphatic heterocycles. The van der Waals surface area contributed by atoms with Gasteiger partial charge in [0, 0.05) is 30.9 Å². The summed E-state index contributed by atoms with van der Waals surface area (Å²) in [7, 11) is 0. The van der Waals surface area contributed by atoms with Crippen LogP contribution in [0.25, 0.3) is 0 Å². The first kappa shape index (κ1) is 13.9. The molecule has 0 unspecified atom stereocenters. The molecule has 0 saturated heterocycles. The van der Waals surface area contributed by atoms with Gasteiger partial charge in [-0.15, -0.1) is 0 Å². The van der Waals surface area contributed by atoms with Gasteiger partial charge < -0.3 is 20.9 Å². The van der Waals surface area contributed by atoms with Gasteiger partial charge in [0.05, 0.1) is 5.56 Å². The number of nitrogens with zero attached hydrogens (tertiary/aromatic N) is 2. The maximum Gasteiger partial charge on any atom is 0.253 e. The summed E-state index contributed by atoms with van der Waals surface area (Å²) in [5.74, 6) is 0.482. The Kier molecular flexibility index (Phi) is 4.54. The zero-order valence-electron chi connectivity index (χ0n) is 11.2. The molecule has 1 heterocycles. The number of hydrogen-bond donors (Lipinski definition) is 3. The third kappa shape index (κ3) is 3.47. The lowest BCUT2D eigenvalue weighted by Crippen LogP contribution is -2.24. The van der Waals surface area contributed by atoms with E-state index >= 15 is 0 Å². The molecule has 0 radical (unpaired) electrons. The highest BCUT2D eigenvalue weighted by atomic mass is 16.5. The van der Waals surface area contributed by atoms with E-state index < -0.39 is 0 Å². The first-order valence-electron chi connectivity index (χ1n) is 6.37. The van der Waals surface area contributed by atoms with Gasteiger partial charge >= 0.3 is 0 Å². The predicted octanol–water partition coefficient (Wildman–Crippen LogP) is 1.06. The summed E-state index contributed by atoms with van der Waals surface area (Å²) < 4.78 is 4.66. The van der Waals surface area contributed by atoms with Gasteiger partial charge in [0.1, 0.15) is 0 Å². The Labute approximate surface area is 116 Å². The van der Waals surface area contributed by atoms with Crippen LogP contribution in [0, 0.1) is 0 Å². The number of aromatic nitrogens is 2. The number of nitrogens with one attached hydrogen (secondary N) is 2. The van der Waals surface area contributed by atoms with E-state index in [0.29, 0.717) is 42.3 Å². The number of benzene rings is 1. The highest BCUT2D eigenvalue weighted by molar-refractivity contribution is 6.00. The fraction of sp³-hybridized carbons (Fsp3) is 0.308. The molecule has 2 aromatic rings. The van der Waals surface area contributed by atoms with E-state index in [1.54, 1.807) is 18.2 Å². The number of amides is 1. The molecule has 1 aromatic heterocycles. The fourth-order valence-corrected chi connectivity index (χ4v) is 1.77. The monoisotopic (exact) mass is 275 g/mol. The number of anilines is 2. The molecule has 0 fully saturated rings. The Balaban J connectivity index is 2.05. The van der Waals surface area contributed by atoms with Crippen molar-refractivity contribution in [2.24, 2.45) is 0 Å². The van der Waals surface area contributed by atoms with Gasteiger partial charge in [0.25, 0.3) is 5.91 Å². The van der Waals surface area contributed by atoms with Crippen molar-refractivity contribution in [1.29, 1.82) is 0 Å². The third-order valence-corrected chi connectivity index (χ3v) is 2.70. The lowest BCUT2D eigenvalue weighted by Gasteiger charge is -2.12. The topological polar surface area (TPSA) is 106 Å². The summed E-state index contributed by atoms with van der Waals surface area (Å²) in [5, 5.41) is 9.66. The molecule has 7 nitrogen and oxygen atoms in total. The van der Waals surface area contributed by atoms with Crippen LogP contribution in [-0.2, 0) is 6.42 Å². The third-order valence-electron chi connectivity index (χ3n) is 2.70. The molecular weight excluding hydrogens is 258 g/mol. The Morgan fingerprint density at radius 3 is 3.00 bits per heavy atom. The van der Waals surface area contributed by atoms with E-state index in [0.717, 1.165) is 0 Å². The quantitative estimate of drug-likeness (QED) is 0.680. The first-order chi connectivity index (χ1) is 9.70. The van der Waals surface area contributed by atoms with Gasteiger partial charge in [-0.05, 0) is 25.1 Å². The summed E-state index contributed by atoms with van der Waals surface area (Å²) in [6, 6.07) is 5.15. The average molecular weight is 275 g/mol. The van der Waals surface area contributed by atoms with Gasteiger partial charge in [-0.3, -0.25) is 4.79 Å². The van der Waals surface area contributed by atoms with Crippen molar-refractivity contribution in [3.63, 3.8) is 0 Å².